The number of hydrogen-bond donors (Lipinski definition) is 1. The summed E-state index contributed by atoms with van der Waals surface area (Å²) in [7, 11) is 0. The number of nitrogens with zero attached hydrogens (tertiary/aromatic N) is 2. The van der Waals surface area contributed by atoms with E-state index in [0.717, 1.165) is 33.1 Å². The summed E-state index contributed by atoms with van der Waals surface area (Å²) in [4.78, 5) is 18.4. The molecule has 0 radical (unpaired) electrons. The van der Waals surface area contributed by atoms with E-state index in [1.54, 1.807) is 29.8 Å². The SMILES string of the molecule is CC(C)[C@H]1CC[C@H](c2nc3cc(C(C)(C)O)c(-n4ccc5ccccc5c4=O)cc3s2)CC1. The molecule has 0 bridgehead atoms. The zero-order chi connectivity index (χ0) is 23.3. The molecular formula is C28H32N2O2S. The van der Waals surface area contributed by atoms with Crippen molar-refractivity contribution in [2.75, 3.05) is 0 Å². The highest BCUT2D eigenvalue weighted by Crippen LogP contribution is 2.42. The molecule has 0 unspecified atom stereocenters. The molecule has 0 aliphatic heterocycles. The van der Waals surface area contributed by atoms with E-state index < -0.39 is 5.60 Å². The predicted molar refractivity (Wildman–Crippen MR) is 138 cm³/mol. The highest BCUT2D eigenvalue weighted by atomic mass is 32.1. The number of rotatable bonds is 4. The molecule has 33 heavy (non-hydrogen) atoms. The average molecular weight is 461 g/mol. The van der Waals surface area contributed by atoms with Crippen molar-refractivity contribution in [1.29, 1.82) is 0 Å². The number of fused-ring (bicyclic) bond motifs is 2. The molecule has 1 aliphatic rings. The second-order valence-corrected chi connectivity index (χ2v) is 11.4. The Morgan fingerprint density at radius 1 is 1.09 bits per heavy atom. The number of aromatic nitrogens is 2. The lowest BCUT2D eigenvalue weighted by atomic mass is 9.77. The third-order valence-corrected chi connectivity index (χ3v) is 8.50. The zero-order valence-electron chi connectivity index (χ0n) is 19.8. The fraction of sp³-hybridized carbons (Fsp3) is 0.429. The number of benzene rings is 2. The fourth-order valence-corrected chi connectivity index (χ4v) is 6.41. The third-order valence-electron chi connectivity index (χ3n) is 7.32. The summed E-state index contributed by atoms with van der Waals surface area (Å²) in [6.45, 7) is 8.20. The van der Waals surface area contributed by atoms with Crippen molar-refractivity contribution in [3.05, 3.63) is 69.6 Å². The minimum atomic E-state index is -1.10. The molecule has 2 aromatic heterocycles. The van der Waals surface area contributed by atoms with Gasteiger partial charge in [0.15, 0.2) is 0 Å². The molecule has 0 saturated heterocycles. The van der Waals surface area contributed by atoms with E-state index in [1.165, 1.54) is 30.7 Å². The summed E-state index contributed by atoms with van der Waals surface area (Å²) in [5, 5.41) is 13.8. The first-order valence-electron chi connectivity index (χ1n) is 12.0. The van der Waals surface area contributed by atoms with E-state index in [-0.39, 0.29) is 5.56 Å². The summed E-state index contributed by atoms with van der Waals surface area (Å²) in [5.41, 5.74) is 1.18. The lowest BCUT2D eigenvalue weighted by Gasteiger charge is -2.29. The molecule has 5 rings (SSSR count). The third kappa shape index (κ3) is 4.13. The number of pyridine rings is 1. The summed E-state index contributed by atoms with van der Waals surface area (Å²) in [6.07, 6.45) is 6.74. The molecule has 0 amide bonds. The van der Waals surface area contributed by atoms with Crippen molar-refractivity contribution in [2.24, 2.45) is 11.8 Å². The number of thiazole rings is 1. The lowest BCUT2D eigenvalue weighted by Crippen LogP contribution is -2.24. The highest BCUT2D eigenvalue weighted by molar-refractivity contribution is 7.18. The Kier molecular flexibility index (Phi) is 5.66. The fourth-order valence-electron chi connectivity index (χ4n) is 5.26. The molecule has 2 heterocycles. The van der Waals surface area contributed by atoms with Gasteiger partial charge in [-0.1, -0.05) is 32.0 Å². The first-order chi connectivity index (χ1) is 15.7. The minimum absolute atomic E-state index is 0.0744. The van der Waals surface area contributed by atoms with Gasteiger partial charge >= 0.3 is 0 Å². The summed E-state index contributed by atoms with van der Waals surface area (Å²) in [5.74, 6) is 2.08. The maximum atomic E-state index is 13.4. The standard InChI is InChI=1S/C28H32N2O2S/c1-17(2)18-9-11-20(12-10-18)26-29-23-15-22(28(3,4)32)24(16-25(23)33-26)30-14-13-19-7-5-6-8-21(19)27(30)31/h5-8,13-18,20,32H,9-12H2,1-4H3/t18-,20-. The summed E-state index contributed by atoms with van der Waals surface area (Å²) < 4.78 is 2.74. The van der Waals surface area contributed by atoms with Gasteiger partial charge in [0.1, 0.15) is 0 Å². The molecular weight excluding hydrogens is 428 g/mol. The van der Waals surface area contributed by atoms with Crippen molar-refractivity contribution in [2.45, 2.75) is 64.9 Å². The van der Waals surface area contributed by atoms with Crippen LogP contribution in [0, 0.1) is 11.8 Å². The topological polar surface area (TPSA) is 55.1 Å². The molecule has 1 saturated carbocycles. The van der Waals surface area contributed by atoms with Crippen LogP contribution in [0.2, 0.25) is 0 Å². The van der Waals surface area contributed by atoms with Crippen LogP contribution in [0.15, 0.2) is 53.5 Å². The van der Waals surface area contributed by atoms with Crippen LogP contribution in [0.1, 0.15) is 69.9 Å². The van der Waals surface area contributed by atoms with Crippen molar-refractivity contribution in [3.8, 4) is 5.69 Å². The van der Waals surface area contributed by atoms with E-state index in [9.17, 15) is 9.90 Å². The van der Waals surface area contributed by atoms with Crippen LogP contribution in [0.3, 0.4) is 0 Å². The Morgan fingerprint density at radius 2 is 1.82 bits per heavy atom. The quantitative estimate of drug-likeness (QED) is 0.366. The maximum Gasteiger partial charge on any atom is 0.262 e. The van der Waals surface area contributed by atoms with E-state index in [4.69, 9.17) is 4.98 Å². The maximum absolute atomic E-state index is 13.4. The van der Waals surface area contributed by atoms with Crippen LogP contribution < -0.4 is 5.56 Å². The summed E-state index contributed by atoms with van der Waals surface area (Å²) >= 11 is 1.74. The number of hydrogen-bond acceptors (Lipinski definition) is 4. The van der Waals surface area contributed by atoms with E-state index >= 15 is 0 Å². The van der Waals surface area contributed by atoms with Crippen molar-refractivity contribution in [3.63, 3.8) is 0 Å². The first kappa shape index (κ1) is 22.3. The van der Waals surface area contributed by atoms with Crippen molar-refractivity contribution < 1.29 is 5.11 Å². The van der Waals surface area contributed by atoms with Crippen LogP contribution >= 0.6 is 11.3 Å². The second kappa shape index (κ2) is 8.37. The smallest absolute Gasteiger partial charge is 0.262 e. The van der Waals surface area contributed by atoms with E-state index in [0.29, 0.717) is 16.9 Å². The Hall–Kier alpha value is -2.50. The molecule has 1 aliphatic carbocycles. The minimum Gasteiger partial charge on any atom is -0.386 e. The van der Waals surface area contributed by atoms with Crippen molar-refractivity contribution >= 4 is 32.3 Å². The van der Waals surface area contributed by atoms with E-state index in [2.05, 4.69) is 13.8 Å². The van der Waals surface area contributed by atoms with Gasteiger partial charge < -0.3 is 5.11 Å². The Morgan fingerprint density at radius 3 is 2.52 bits per heavy atom. The normalized spacial score (nSPS) is 19.6. The van der Waals surface area contributed by atoms with Gasteiger partial charge in [0.25, 0.3) is 5.56 Å². The first-order valence-corrected chi connectivity index (χ1v) is 12.8. The second-order valence-electron chi connectivity index (χ2n) is 10.4. The Bertz CT molecular complexity index is 1370. The predicted octanol–water partition coefficient (Wildman–Crippen LogP) is 6.76. The molecule has 4 nitrogen and oxygen atoms in total. The average Bonchev–Trinajstić information content (AvgIpc) is 3.21. The largest absolute Gasteiger partial charge is 0.386 e. The van der Waals surface area contributed by atoms with Crippen LogP contribution in [0.25, 0.3) is 26.7 Å². The lowest BCUT2D eigenvalue weighted by molar-refractivity contribution is 0.0786. The van der Waals surface area contributed by atoms with Gasteiger partial charge in [-0.15, -0.1) is 11.3 Å². The van der Waals surface area contributed by atoms with Crippen LogP contribution in [-0.4, -0.2) is 14.7 Å². The monoisotopic (exact) mass is 460 g/mol. The highest BCUT2D eigenvalue weighted by Gasteiger charge is 2.28. The molecule has 1 fully saturated rings. The van der Waals surface area contributed by atoms with Crippen LogP contribution in [-0.2, 0) is 5.60 Å². The van der Waals surface area contributed by atoms with Gasteiger partial charge in [-0.25, -0.2) is 4.98 Å². The van der Waals surface area contributed by atoms with Crippen LogP contribution in [0.4, 0.5) is 0 Å². The molecule has 5 heteroatoms. The summed E-state index contributed by atoms with van der Waals surface area (Å²) in [6, 6.07) is 13.6. The zero-order valence-corrected chi connectivity index (χ0v) is 20.7. The molecule has 172 valence electrons. The van der Waals surface area contributed by atoms with Crippen molar-refractivity contribution in [1.82, 2.24) is 9.55 Å². The van der Waals surface area contributed by atoms with Gasteiger partial charge in [0.2, 0.25) is 0 Å². The van der Waals surface area contributed by atoms with Gasteiger partial charge in [-0.2, -0.15) is 0 Å². The molecule has 1 N–H and O–H groups in total. The number of aliphatic hydroxyl groups is 1. The van der Waals surface area contributed by atoms with E-state index in [1.807, 2.05) is 48.7 Å². The van der Waals surface area contributed by atoms with Crippen LogP contribution in [0.5, 0.6) is 0 Å². The Balaban J connectivity index is 1.61. The van der Waals surface area contributed by atoms with Gasteiger partial charge in [-0.05, 0) is 81.0 Å². The molecule has 0 atom stereocenters. The van der Waals surface area contributed by atoms with Gasteiger partial charge in [-0.3, -0.25) is 9.36 Å². The molecule has 0 spiro atoms. The Labute approximate surface area is 198 Å². The van der Waals surface area contributed by atoms with Gasteiger partial charge in [0.05, 0.1) is 26.5 Å². The molecule has 2 aromatic carbocycles. The van der Waals surface area contributed by atoms with Gasteiger partial charge in [0, 0.05) is 23.1 Å². The molecule has 4 aromatic rings.